The zero-order valence-electron chi connectivity index (χ0n) is 9.81. The lowest BCUT2D eigenvalue weighted by Gasteiger charge is -2.06. The van der Waals surface area contributed by atoms with Crippen molar-refractivity contribution in [1.82, 2.24) is 10.1 Å². The summed E-state index contributed by atoms with van der Waals surface area (Å²) in [6.45, 7) is 1.64. The minimum Gasteiger partial charge on any atom is -0.337 e. The third kappa shape index (κ3) is 3.45. The van der Waals surface area contributed by atoms with Gasteiger partial charge in [-0.1, -0.05) is 17.3 Å². The topological polar surface area (TPSA) is 64.9 Å². The van der Waals surface area contributed by atoms with E-state index >= 15 is 0 Å². The smallest absolute Gasteiger partial charge is 0.337 e. The number of alkyl halides is 3. The van der Waals surface area contributed by atoms with Gasteiger partial charge in [0.1, 0.15) is 0 Å². The number of rotatable bonds is 2. The number of hydrogen-bond acceptors (Lipinski definition) is 4. The summed E-state index contributed by atoms with van der Waals surface area (Å²) in [6.07, 6.45) is -4.40. The fourth-order valence-electron chi connectivity index (χ4n) is 1.37. The predicted octanol–water partition coefficient (Wildman–Crippen LogP) is 3.20. The quantitative estimate of drug-likeness (QED) is 0.923. The Bertz CT molecular complexity index is 554. The summed E-state index contributed by atoms with van der Waals surface area (Å²) in [7, 11) is 0. The van der Waals surface area contributed by atoms with Crippen LogP contribution >= 0.6 is 12.4 Å². The van der Waals surface area contributed by atoms with Crippen molar-refractivity contribution in [2.24, 2.45) is 5.73 Å². The predicted molar refractivity (Wildman–Crippen MR) is 64.6 cm³/mol. The van der Waals surface area contributed by atoms with E-state index in [0.717, 1.165) is 12.1 Å². The van der Waals surface area contributed by atoms with Crippen LogP contribution in [0.3, 0.4) is 0 Å². The number of aromatic nitrogens is 2. The maximum atomic E-state index is 12.5. The van der Waals surface area contributed by atoms with Gasteiger partial charge in [0.25, 0.3) is 0 Å². The molecular formula is C11H11ClF3N3O. The summed E-state index contributed by atoms with van der Waals surface area (Å²) < 4.78 is 42.4. The molecule has 1 aromatic carbocycles. The van der Waals surface area contributed by atoms with Gasteiger partial charge in [0.2, 0.25) is 11.7 Å². The van der Waals surface area contributed by atoms with Gasteiger partial charge in [-0.3, -0.25) is 0 Å². The Balaban J connectivity index is 0.00000180. The molecule has 8 heteroatoms. The number of benzene rings is 1. The van der Waals surface area contributed by atoms with Gasteiger partial charge in [0, 0.05) is 5.56 Å². The van der Waals surface area contributed by atoms with E-state index in [-0.39, 0.29) is 29.7 Å². The van der Waals surface area contributed by atoms with Crippen molar-refractivity contribution in [3.63, 3.8) is 0 Å². The van der Waals surface area contributed by atoms with Gasteiger partial charge in [0.05, 0.1) is 11.6 Å². The molecule has 19 heavy (non-hydrogen) atoms. The van der Waals surface area contributed by atoms with Crippen molar-refractivity contribution in [3.8, 4) is 11.4 Å². The molecule has 0 fully saturated rings. The minimum atomic E-state index is -4.40. The van der Waals surface area contributed by atoms with Crippen molar-refractivity contribution in [2.75, 3.05) is 0 Å². The fourth-order valence-corrected chi connectivity index (χ4v) is 1.37. The molecule has 0 radical (unpaired) electrons. The lowest BCUT2D eigenvalue weighted by Crippen LogP contribution is -2.05. The SMILES string of the molecule is CC(N)c1nc(-c2cccc(C(F)(F)F)c2)no1.Cl. The van der Waals surface area contributed by atoms with Crippen LogP contribution in [0.4, 0.5) is 13.2 Å². The van der Waals surface area contributed by atoms with E-state index in [1.54, 1.807) is 6.92 Å². The van der Waals surface area contributed by atoms with Crippen LogP contribution in [0.5, 0.6) is 0 Å². The molecular weight excluding hydrogens is 283 g/mol. The molecule has 0 saturated carbocycles. The summed E-state index contributed by atoms with van der Waals surface area (Å²) in [6, 6.07) is 4.26. The molecule has 0 aliphatic rings. The maximum absolute atomic E-state index is 12.5. The summed E-state index contributed by atoms with van der Waals surface area (Å²) in [5.74, 6) is 0.274. The van der Waals surface area contributed by atoms with E-state index < -0.39 is 17.8 Å². The van der Waals surface area contributed by atoms with Gasteiger partial charge in [-0.15, -0.1) is 12.4 Å². The molecule has 1 aromatic heterocycles. The van der Waals surface area contributed by atoms with Gasteiger partial charge in [-0.2, -0.15) is 18.2 Å². The van der Waals surface area contributed by atoms with Crippen LogP contribution in [-0.2, 0) is 6.18 Å². The lowest BCUT2D eigenvalue weighted by molar-refractivity contribution is -0.137. The first-order valence-corrected chi connectivity index (χ1v) is 5.15. The third-order valence-electron chi connectivity index (χ3n) is 2.28. The zero-order chi connectivity index (χ0) is 13.3. The lowest BCUT2D eigenvalue weighted by atomic mass is 10.1. The van der Waals surface area contributed by atoms with E-state index in [1.165, 1.54) is 12.1 Å². The van der Waals surface area contributed by atoms with Crippen LogP contribution in [0.25, 0.3) is 11.4 Å². The Morgan fingerprint density at radius 1 is 1.32 bits per heavy atom. The van der Waals surface area contributed by atoms with Crippen LogP contribution in [0.2, 0.25) is 0 Å². The first kappa shape index (κ1) is 15.5. The third-order valence-corrected chi connectivity index (χ3v) is 2.28. The van der Waals surface area contributed by atoms with Crippen LogP contribution in [0.15, 0.2) is 28.8 Å². The van der Waals surface area contributed by atoms with Crippen molar-refractivity contribution < 1.29 is 17.7 Å². The maximum Gasteiger partial charge on any atom is 0.416 e. The zero-order valence-corrected chi connectivity index (χ0v) is 10.6. The molecule has 0 spiro atoms. The summed E-state index contributed by atoms with van der Waals surface area (Å²) in [5, 5.41) is 3.60. The second-order valence-electron chi connectivity index (χ2n) is 3.82. The highest BCUT2D eigenvalue weighted by molar-refractivity contribution is 5.85. The number of hydrogen-bond donors (Lipinski definition) is 1. The van der Waals surface area contributed by atoms with E-state index in [2.05, 4.69) is 10.1 Å². The van der Waals surface area contributed by atoms with Gasteiger partial charge in [-0.05, 0) is 19.1 Å². The average Bonchev–Trinajstić information content (AvgIpc) is 2.77. The molecule has 0 aliphatic heterocycles. The molecule has 2 N–H and O–H groups in total. The van der Waals surface area contributed by atoms with E-state index in [0.29, 0.717) is 0 Å². The first-order chi connectivity index (χ1) is 8.38. The van der Waals surface area contributed by atoms with Gasteiger partial charge < -0.3 is 10.3 Å². The highest BCUT2D eigenvalue weighted by Crippen LogP contribution is 2.31. The Labute approximate surface area is 113 Å². The molecule has 0 bridgehead atoms. The minimum absolute atomic E-state index is 0. The highest BCUT2D eigenvalue weighted by atomic mass is 35.5. The van der Waals surface area contributed by atoms with Crippen molar-refractivity contribution in [3.05, 3.63) is 35.7 Å². The molecule has 4 nitrogen and oxygen atoms in total. The van der Waals surface area contributed by atoms with Crippen LogP contribution in [0, 0.1) is 0 Å². The number of nitrogens with two attached hydrogens (primary N) is 1. The Kier molecular flexibility index (Phi) is 4.54. The Morgan fingerprint density at radius 2 is 2.00 bits per heavy atom. The van der Waals surface area contributed by atoms with Crippen LogP contribution in [0.1, 0.15) is 24.4 Å². The van der Waals surface area contributed by atoms with Crippen LogP contribution in [-0.4, -0.2) is 10.1 Å². The molecule has 1 heterocycles. The number of nitrogens with zero attached hydrogens (tertiary/aromatic N) is 2. The molecule has 1 atom stereocenters. The average molecular weight is 294 g/mol. The molecule has 0 saturated heterocycles. The highest BCUT2D eigenvalue weighted by Gasteiger charge is 2.30. The second-order valence-corrected chi connectivity index (χ2v) is 3.82. The molecule has 2 rings (SSSR count). The number of halogens is 4. The molecule has 1 unspecified atom stereocenters. The van der Waals surface area contributed by atoms with Gasteiger partial charge >= 0.3 is 6.18 Å². The van der Waals surface area contributed by atoms with E-state index in [4.69, 9.17) is 10.3 Å². The molecule has 104 valence electrons. The van der Waals surface area contributed by atoms with E-state index in [9.17, 15) is 13.2 Å². The molecule has 2 aromatic rings. The van der Waals surface area contributed by atoms with Crippen molar-refractivity contribution in [1.29, 1.82) is 0 Å². The summed E-state index contributed by atoms with van der Waals surface area (Å²) in [4.78, 5) is 3.93. The Hall–Kier alpha value is -1.60. The largest absolute Gasteiger partial charge is 0.416 e. The standard InChI is InChI=1S/C11H10F3N3O.ClH/c1-6(15)10-16-9(17-18-10)7-3-2-4-8(5-7)11(12,13)14;/h2-6H,15H2,1H3;1H. The van der Waals surface area contributed by atoms with Crippen LogP contribution < -0.4 is 5.73 Å². The first-order valence-electron chi connectivity index (χ1n) is 5.15. The van der Waals surface area contributed by atoms with Crippen molar-refractivity contribution in [2.45, 2.75) is 19.1 Å². The monoisotopic (exact) mass is 293 g/mol. The second kappa shape index (κ2) is 5.58. The summed E-state index contributed by atoms with van der Waals surface area (Å²) >= 11 is 0. The van der Waals surface area contributed by atoms with Gasteiger partial charge in [0.15, 0.2) is 0 Å². The van der Waals surface area contributed by atoms with Crippen molar-refractivity contribution >= 4 is 12.4 Å². The van der Waals surface area contributed by atoms with E-state index in [1.807, 2.05) is 0 Å². The van der Waals surface area contributed by atoms with Gasteiger partial charge in [-0.25, -0.2) is 0 Å². The molecule has 0 amide bonds. The Morgan fingerprint density at radius 3 is 2.53 bits per heavy atom. The molecule has 0 aliphatic carbocycles. The normalized spacial score (nSPS) is 12.9. The fraction of sp³-hybridized carbons (Fsp3) is 0.273. The summed E-state index contributed by atoms with van der Waals surface area (Å²) in [5.41, 5.74) is 5.01.